The Morgan fingerprint density at radius 1 is 1.47 bits per heavy atom. The molecule has 6 heteroatoms. The topological polar surface area (TPSA) is 74.7 Å². The Hall–Kier alpha value is -1.14. The first kappa shape index (κ1) is 15.9. The summed E-state index contributed by atoms with van der Waals surface area (Å²) in [5, 5.41) is 12.7. The maximum Gasteiger partial charge on any atom is 0.140 e. The van der Waals surface area contributed by atoms with Gasteiger partial charge in [0, 0.05) is 24.4 Å². The third-order valence-electron chi connectivity index (χ3n) is 2.87. The van der Waals surface area contributed by atoms with Gasteiger partial charge in [-0.2, -0.15) is 0 Å². The van der Waals surface area contributed by atoms with E-state index in [2.05, 4.69) is 35.8 Å². The number of nitrogens with zero attached hydrogens (tertiary/aromatic N) is 3. The van der Waals surface area contributed by atoms with E-state index in [1.165, 1.54) is 4.88 Å². The van der Waals surface area contributed by atoms with Crippen LogP contribution < -0.4 is 5.73 Å². The van der Waals surface area contributed by atoms with Crippen molar-refractivity contribution in [3.05, 3.63) is 15.6 Å². The first-order valence-corrected chi connectivity index (χ1v) is 7.35. The number of amidine groups is 1. The smallest absolute Gasteiger partial charge is 0.140 e. The average molecular weight is 284 g/mol. The minimum absolute atomic E-state index is 0.278. The molecule has 0 unspecified atom stereocenters. The first-order valence-electron chi connectivity index (χ1n) is 6.54. The maximum absolute atomic E-state index is 8.59. The van der Waals surface area contributed by atoms with E-state index in [0.29, 0.717) is 12.3 Å². The SMILES string of the molecule is Cc1nc(CN(CCC(N)=NO)CC(C)C)sc1C. The van der Waals surface area contributed by atoms with Crippen LogP contribution >= 0.6 is 11.3 Å². The molecule has 108 valence electrons. The lowest BCUT2D eigenvalue weighted by molar-refractivity contribution is 0.240. The summed E-state index contributed by atoms with van der Waals surface area (Å²) in [5.74, 6) is 0.856. The number of oxime groups is 1. The Morgan fingerprint density at radius 2 is 2.16 bits per heavy atom. The van der Waals surface area contributed by atoms with E-state index in [-0.39, 0.29) is 5.84 Å². The highest BCUT2D eigenvalue weighted by atomic mass is 32.1. The summed E-state index contributed by atoms with van der Waals surface area (Å²) >= 11 is 1.75. The monoisotopic (exact) mass is 284 g/mol. The number of thiazole rings is 1. The van der Waals surface area contributed by atoms with Gasteiger partial charge in [-0.1, -0.05) is 19.0 Å². The van der Waals surface area contributed by atoms with E-state index >= 15 is 0 Å². The molecule has 0 aliphatic carbocycles. The third-order valence-corrected chi connectivity index (χ3v) is 3.93. The molecule has 19 heavy (non-hydrogen) atoms. The Balaban J connectivity index is 2.63. The number of aromatic nitrogens is 1. The van der Waals surface area contributed by atoms with Crippen molar-refractivity contribution in [3.63, 3.8) is 0 Å². The van der Waals surface area contributed by atoms with Crippen molar-refractivity contribution >= 4 is 17.2 Å². The van der Waals surface area contributed by atoms with Gasteiger partial charge in [0.05, 0.1) is 12.2 Å². The lowest BCUT2D eigenvalue weighted by Crippen LogP contribution is -2.31. The Kier molecular flexibility index (Phi) is 6.24. The summed E-state index contributed by atoms with van der Waals surface area (Å²) in [6.07, 6.45) is 0.576. The molecule has 0 amide bonds. The van der Waals surface area contributed by atoms with Crippen molar-refractivity contribution < 1.29 is 5.21 Å². The first-order chi connectivity index (χ1) is 8.92. The van der Waals surface area contributed by atoms with Crippen molar-refractivity contribution in [3.8, 4) is 0 Å². The standard InChI is InChI=1S/C13H24N4OS/c1-9(2)7-17(6-5-12(14)16-18)8-13-15-10(3)11(4)19-13/h9,18H,5-8H2,1-4H3,(H2,14,16). The van der Waals surface area contributed by atoms with Crippen molar-refractivity contribution in [1.29, 1.82) is 0 Å². The fourth-order valence-corrected chi connectivity index (χ4v) is 2.85. The molecule has 5 nitrogen and oxygen atoms in total. The van der Waals surface area contributed by atoms with E-state index in [4.69, 9.17) is 10.9 Å². The highest BCUT2D eigenvalue weighted by Gasteiger charge is 2.12. The van der Waals surface area contributed by atoms with Gasteiger partial charge < -0.3 is 10.9 Å². The van der Waals surface area contributed by atoms with Crippen molar-refractivity contribution in [1.82, 2.24) is 9.88 Å². The predicted molar refractivity (Wildman–Crippen MR) is 79.7 cm³/mol. The van der Waals surface area contributed by atoms with Crippen LogP contribution in [0.2, 0.25) is 0 Å². The Morgan fingerprint density at radius 3 is 2.63 bits per heavy atom. The normalized spacial score (nSPS) is 12.6. The summed E-state index contributed by atoms with van der Waals surface area (Å²) in [4.78, 5) is 8.15. The van der Waals surface area contributed by atoms with Gasteiger partial charge in [0.15, 0.2) is 0 Å². The predicted octanol–water partition coefficient (Wildman–Crippen LogP) is 2.35. The van der Waals surface area contributed by atoms with Gasteiger partial charge in [-0.05, 0) is 19.8 Å². The van der Waals surface area contributed by atoms with Gasteiger partial charge in [0.1, 0.15) is 10.8 Å². The third kappa shape index (κ3) is 5.57. The zero-order valence-electron chi connectivity index (χ0n) is 12.2. The molecule has 1 rings (SSSR count). The van der Waals surface area contributed by atoms with Crippen molar-refractivity contribution in [2.45, 2.75) is 40.7 Å². The van der Waals surface area contributed by atoms with E-state index in [0.717, 1.165) is 30.3 Å². The molecule has 0 saturated heterocycles. The van der Waals surface area contributed by atoms with Crippen LogP contribution in [0.15, 0.2) is 5.16 Å². The Labute approximate surface area is 119 Å². The molecule has 1 aromatic rings. The molecule has 1 aromatic heterocycles. The molecule has 0 fully saturated rings. The van der Waals surface area contributed by atoms with E-state index in [1.54, 1.807) is 11.3 Å². The minimum Gasteiger partial charge on any atom is -0.409 e. The molecule has 0 bridgehead atoms. The molecule has 1 heterocycles. The molecule has 0 aromatic carbocycles. The number of hydrogen-bond donors (Lipinski definition) is 2. The fraction of sp³-hybridized carbons (Fsp3) is 0.692. The van der Waals surface area contributed by atoms with Gasteiger partial charge in [0.25, 0.3) is 0 Å². The van der Waals surface area contributed by atoms with E-state index < -0.39 is 0 Å². The average Bonchev–Trinajstić information content (AvgIpc) is 2.64. The zero-order chi connectivity index (χ0) is 14.4. The summed E-state index contributed by atoms with van der Waals surface area (Å²) in [6.45, 7) is 11.1. The fourth-order valence-electron chi connectivity index (χ4n) is 1.87. The largest absolute Gasteiger partial charge is 0.409 e. The van der Waals surface area contributed by atoms with E-state index in [9.17, 15) is 0 Å². The molecule has 0 spiro atoms. The maximum atomic E-state index is 8.59. The second-order valence-electron chi connectivity index (χ2n) is 5.22. The molecule has 3 N–H and O–H groups in total. The van der Waals surface area contributed by atoms with Crippen molar-refractivity contribution in [2.75, 3.05) is 13.1 Å². The van der Waals surface area contributed by atoms with Gasteiger partial charge in [-0.25, -0.2) is 4.98 Å². The van der Waals surface area contributed by atoms with Crippen LogP contribution in [0.25, 0.3) is 0 Å². The van der Waals surface area contributed by atoms with Crippen LogP contribution in [-0.4, -0.2) is 34.0 Å². The quantitative estimate of drug-likeness (QED) is 0.349. The molecule has 0 saturated carbocycles. The van der Waals surface area contributed by atoms with Gasteiger partial charge >= 0.3 is 0 Å². The Bertz CT molecular complexity index is 409. The number of hydrogen-bond acceptors (Lipinski definition) is 5. The van der Waals surface area contributed by atoms with Gasteiger partial charge in [-0.15, -0.1) is 11.3 Å². The van der Waals surface area contributed by atoms with Crippen LogP contribution in [0.3, 0.4) is 0 Å². The number of nitrogens with two attached hydrogens (primary N) is 1. The molecular formula is C13H24N4OS. The van der Waals surface area contributed by atoms with E-state index in [1.807, 2.05) is 6.92 Å². The summed E-state index contributed by atoms with van der Waals surface area (Å²) in [6, 6.07) is 0. The van der Waals surface area contributed by atoms with Crippen LogP contribution in [0.4, 0.5) is 0 Å². The summed E-state index contributed by atoms with van der Waals surface area (Å²) < 4.78 is 0. The molecule has 0 atom stereocenters. The highest BCUT2D eigenvalue weighted by molar-refractivity contribution is 7.11. The van der Waals surface area contributed by atoms with Crippen LogP contribution in [-0.2, 0) is 6.54 Å². The second-order valence-corrected chi connectivity index (χ2v) is 6.51. The van der Waals surface area contributed by atoms with Crippen molar-refractivity contribution in [2.24, 2.45) is 16.8 Å². The molecule has 0 aliphatic rings. The molecule has 0 aliphatic heterocycles. The zero-order valence-corrected chi connectivity index (χ0v) is 13.0. The molecule has 0 radical (unpaired) electrons. The van der Waals surface area contributed by atoms with Crippen LogP contribution in [0.1, 0.15) is 35.8 Å². The number of rotatable bonds is 7. The van der Waals surface area contributed by atoms with Gasteiger partial charge in [-0.3, -0.25) is 4.90 Å². The minimum atomic E-state index is 0.278. The van der Waals surface area contributed by atoms with Crippen LogP contribution in [0.5, 0.6) is 0 Å². The van der Waals surface area contributed by atoms with Gasteiger partial charge in [0.2, 0.25) is 0 Å². The lowest BCUT2D eigenvalue weighted by Gasteiger charge is -2.22. The second kappa shape index (κ2) is 7.45. The lowest BCUT2D eigenvalue weighted by atomic mass is 10.2. The highest BCUT2D eigenvalue weighted by Crippen LogP contribution is 2.18. The summed E-state index contributed by atoms with van der Waals surface area (Å²) in [7, 11) is 0. The molecular weight excluding hydrogens is 260 g/mol. The number of aryl methyl sites for hydroxylation is 2. The summed E-state index contributed by atoms with van der Waals surface area (Å²) in [5.41, 5.74) is 6.65. The van der Waals surface area contributed by atoms with Crippen LogP contribution in [0, 0.1) is 19.8 Å².